The van der Waals surface area contributed by atoms with Crippen LogP contribution in [-0.4, -0.2) is 30.8 Å². The van der Waals surface area contributed by atoms with Crippen molar-refractivity contribution < 1.29 is 13.2 Å². The summed E-state index contributed by atoms with van der Waals surface area (Å²) in [6, 6.07) is 5.59. The molecule has 5 nitrogen and oxygen atoms in total. The average Bonchev–Trinajstić information content (AvgIpc) is 3.16. The lowest BCUT2D eigenvalue weighted by atomic mass is 10.0. The second-order valence-corrected chi connectivity index (χ2v) is 8.79. The lowest BCUT2D eigenvalue weighted by Gasteiger charge is -2.20. The van der Waals surface area contributed by atoms with Crippen LogP contribution in [0.25, 0.3) is 0 Å². The number of nitrogens with zero attached hydrogens (tertiary/aromatic N) is 1. The van der Waals surface area contributed by atoms with Crippen LogP contribution in [0.4, 0.5) is 0 Å². The van der Waals surface area contributed by atoms with E-state index >= 15 is 0 Å². The van der Waals surface area contributed by atoms with Crippen molar-refractivity contribution in [2.45, 2.75) is 18.9 Å². The first kappa shape index (κ1) is 16.1. The number of carbonyl (C=O) groups is 1. The molecule has 0 radical (unpaired) electrons. The molecule has 3 heterocycles. The van der Waals surface area contributed by atoms with Crippen LogP contribution in [0.5, 0.6) is 0 Å². The highest BCUT2D eigenvalue weighted by Crippen LogP contribution is 2.23. The fourth-order valence-electron chi connectivity index (χ4n) is 2.77. The van der Waals surface area contributed by atoms with Gasteiger partial charge in [-0.2, -0.15) is 11.3 Å². The summed E-state index contributed by atoms with van der Waals surface area (Å²) in [5, 5.41) is 7.06. The summed E-state index contributed by atoms with van der Waals surface area (Å²) in [6.07, 6.45) is 4.51. The molecule has 0 aromatic carbocycles. The molecule has 1 saturated heterocycles. The van der Waals surface area contributed by atoms with Gasteiger partial charge in [-0.15, -0.1) is 0 Å². The molecule has 3 rings (SSSR count). The van der Waals surface area contributed by atoms with Crippen LogP contribution in [-0.2, 0) is 21.1 Å². The van der Waals surface area contributed by atoms with Gasteiger partial charge in [0.15, 0.2) is 9.84 Å². The van der Waals surface area contributed by atoms with Gasteiger partial charge in [0.1, 0.15) is 0 Å². The lowest BCUT2D eigenvalue weighted by molar-refractivity contribution is -0.125. The van der Waals surface area contributed by atoms with E-state index < -0.39 is 15.8 Å². The number of rotatable bonds is 5. The largest absolute Gasteiger partial charge is 0.349 e. The van der Waals surface area contributed by atoms with Gasteiger partial charge in [-0.3, -0.25) is 9.78 Å². The van der Waals surface area contributed by atoms with Crippen LogP contribution >= 0.6 is 11.3 Å². The minimum absolute atomic E-state index is 0.0446. The Kier molecular flexibility index (Phi) is 4.77. The monoisotopic (exact) mass is 350 g/mol. The second kappa shape index (κ2) is 6.80. The number of hydrogen-bond donors (Lipinski definition) is 1. The highest BCUT2D eigenvalue weighted by Gasteiger charge is 2.33. The summed E-state index contributed by atoms with van der Waals surface area (Å²) in [5.41, 5.74) is 2.07. The van der Waals surface area contributed by atoms with Gasteiger partial charge >= 0.3 is 0 Å². The Morgan fingerprint density at radius 3 is 2.91 bits per heavy atom. The van der Waals surface area contributed by atoms with E-state index in [9.17, 15) is 13.2 Å². The number of amides is 1. The van der Waals surface area contributed by atoms with Crippen LogP contribution in [0.3, 0.4) is 0 Å². The Morgan fingerprint density at radius 2 is 2.30 bits per heavy atom. The molecule has 1 amide bonds. The van der Waals surface area contributed by atoms with Crippen LogP contribution in [0, 0.1) is 5.92 Å². The maximum Gasteiger partial charge on any atom is 0.224 e. The van der Waals surface area contributed by atoms with Crippen molar-refractivity contribution in [2.24, 2.45) is 5.92 Å². The van der Waals surface area contributed by atoms with Crippen molar-refractivity contribution in [1.82, 2.24) is 10.3 Å². The normalized spacial score (nSPS) is 21.0. The summed E-state index contributed by atoms with van der Waals surface area (Å²) in [5.74, 6) is -0.568. The smallest absolute Gasteiger partial charge is 0.224 e. The van der Waals surface area contributed by atoms with E-state index in [1.165, 1.54) is 0 Å². The second-order valence-electron chi connectivity index (χ2n) is 5.78. The van der Waals surface area contributed by atoms with E-state index in [0.29, 0.717) is 12.8 Å². The average molecular weight is 350 g/mol. The highest BCUT2D eigenvalue weighted by atomic mass is 32.2. The molecule has 0 bridgehead atoms. The van der Waals surface area contributed by atoms with E-state index in [-0.39, 0.29) is 23.5 Å². The Morgan fingerprint density at radius 1 is 1.43 bits per heavy atom. The van der Waals surface area contributed by atoms with Gasteiger partial charge in [0.2, 0.25) is 5.91 Å². The minimum atomic E-state index is -3.06. The van der Waals surface area contributed by atoms with Crippen LogP contribution in [0.15, 0.2) is 41.4 Å². The van der Waals surface area contributed by atoms with E-state index in [4.69, 9.17) is 0 Å². The van der Waals surface area contributed by atoms with E-state index in [2.05, 4.69) is 15.7 Å². The fourth-order valence-corrected chi connectivity index (χ4v) is 5.19. The zero-order valence-corrected chi connectivity index (χ0v) is 14.1. The van der Waals surface area contributed by atoms with Crippen molar-refractivity contribution in [2.75, 3.05) is 11.5 Å². The molecule has 0 unspecified atom stereocenters. The third kappa shape index (κ3) is 4.17. The van der Waals surface area contributed by atoms with Crippen molar-refractivity contribution >= 4 is 27.1 Å². The molecule has 2 atom stereocenters. The zero-order valence-electron chi connectivity index (χ0n) is 12.5. The topological polar surface area (TPSA) is 76.1 Å². The number of pyridine rings is 1. The lowest BCUT2D eigenvalue weighted by Crippen LogP contribution is -2.35. The van der Waals surface area contributed by atoms with Crippen LogP contribution in [0.2, 0.25) is 0 Å². The van der Waals surface area contributed by atoms with Gasteiger partial charge in [-0.1, -0.05) is 6.07 Å². The van der Waals surface area contributed by atoms with Gasteiger partial charge in [0.05, 0.1) is 23.5 Å². The number of carbonyl (C=O) groups excluding carboxylic acids is 1. The molecule has 23 heavy (non-hydrogen) atoms. The van der Waals surface area contributed by atoms with Gasteiger partial charge in [0.25, 0.3) is 0 Å². The molecule has 7 heteroatoms. The number of sulfone groups is 1. The predicted octanol–water partition coefficient (Wildman–Crippen LogP) is 1.98. The summed E-state index contributed by atoms with van der Waals surface area (Å²) in [6.45, 7) is 0. The molecule has 0 aliphatic carbocycles. The Bertz CT molecular complexity index is 758. The van der Waals surface area contributed by atoms with Crippen LogP contribution in [0.1, 0.15) is 23.6 Å². The van der Waals surface area contributed by atoms with E-state index in [1.54, 1.807) is 23.7 Å². The maximum absolute atomic E-state index is 12.5. The Balaban J connectivity index is 1.75. The quantitative estimate of drug-likeness (QED) is 0.894. The zero-order chi connectivity index (χ0) is 16.3. The molecule has 1 fully saturated rings. The number of nitrogens with one attached hydrogen (secondary N) is 1. The van der Waals surface area contributed by atoms with Gasteiger partial charge < -0.3 is 5.32 Å². The standard InChI is InChI=1S/C16H18N2O3S2/c19-16(14-4-7-23(20,21)11-14)18-15(8-12-3-6-22-10-12)13-2-1-5-17-9-13/h1-3,5-6,9-10,14-15H,4,7-8,11H2,(H,18,19)/t14-,15-/m1/s1. The number of aromatic nitrogens is 1. The number of hydrogen-bond acceptors (Lipinski definition) is 5. The molecule has 0 spiro atoms. The molecule has 1 N–H and O–H groups in total. The third-order valence-electron chi connectivity index (χ3n) is 4.03. The van der Waals surface area contributed by atoms with Gasteiger partial charge in [-0.05, 0) is 46.9 Å². The minimum Gasteiger partial charge on any atom is -0.349 e. The molecule has 1 aliphatic heterocycles. The van der Waals surface area contributed by atoms with E-state index in [1.807, 2.05) is 23.6 Å². The van der Waals surface area contributed by atoms with Gasteiger partial charge in [-0.25, -0.2) is 8.42 Å². The fraction of sp³-hybridized carbons (Fsp3) is 0.375. The predicted molar refractivity (Wildman–Crippen MR) is 89.9 cm³/mol. The first-order valence-electron chi connectivity index (χ1n) is 7.45. The van der Waals surface area contributed by atoms with Crippen molar-refractivity contribution in [3.8, 4) is 0 Å². The summed E-state index contributed by atoms with van der Waals surface area (Å²) < 4.78 is 23.1. The van der Waals surface area contributed by atoms with Crippen molar-refractivity contribution in [1.29, 1.82) is 0 Å². The van der Waals surface area contributed by atoms with Crippen molar-refractivity contribution in [3.63, 3.8) is 0 Å². The molecular weight excluding hydrogens is 332 g/mol. The molecular formula is C16H18N2O3S2. The summed E-state index contributed by atoms with van der Waals surface area (Å²) in [4.78, 5) is 16.6. The first-order valence-corrected chi connectivity index (χ1v) is 10.2. The highest BCUT2D eigenvalue weighted by molar-refractivity contribution is 7.91. The van der Waals surface area contributed by atoms with E-state index in [0.717, 1.165) is 11.1 Å². The molecule has 2 aromatic rings. The summed E-state index contributed by atoms with van der Waals surface area (Å²) in [7, 11) is -3.06. The SMILES string of the molecule is O=C(N[C@H](Cc1ccsc1)c1cccnc1)[C@@H]1CCS(=O)(=O)C1. The third-order valence-corrected chi connectivity index (χ3v) is 6.53. The Labute approximate surface area is 139 Å². The molecule has 0 saturated carbocycles. The maximum atomic E-state index is 12.5. The number of thiophene rings is 1. The molecule has 2 aromatic heterocycles. The first-order chi connectivity index (χ1) is 11.0. The molecule has 122 valence electrons. The molecule has 1 aliphatic rings. The van der Waals surface area contributed by atoms with Crippen molar-refractivity contribution in [3.05, 3.63) is 52.5 Å². The Hall–Kier alpha value is -1.73. The summed E-state index contributed by atoms with van der Waals surface area (Å²) >= 11 is 1.61. The van der Waals surface area contributed by atoms with Crippen LogP contribution < -0.4 is 5.32 Å². The van der Waals surface area contributed by atoms with Gasteiger partial charge in [0, 0.05) is 12.4 Å².